The molecule has 2 fully saturated rings. The Morgan fingerprint density at radius 2 is 1.71 bits per heavy atom. The van der Waals surface area contributed by atoms with Gasteiger partial charge < -0.3 is 9.15 Å². The van der Waals surface area contributed by atoms with Crippen LogP contribution in [0.25, 0.3) is 21.7 Å². The van der Waals surface area contributed by atoms with Crippen LogP contribution in [-0.4, -0.2) is 29.2 Å². The number of amides is 2. The Balaban J connectivity index is 1.37. The standard InChI is InChI=1S/C24H21NO6/c26-20-11-15(22-16-6-2-1-5-14(16)9-10-19(22)31-20)13-30-21(27)12-25-23(28)17-7-3-4-8-18(17)24(25)29/h1-2,5-6,9-11,17-18H,3-4,7-8,12-13H2/t17-,18-/m1/s1. The quantitative estimate of drug-likeness (QED) is 0.279. The fourth-order valence-corrected chi connectivity index (χ4v) is 4.85. The number of carbonyl (C=O) groups is 3. The molecule has 7 heteroatoms. The third kappa shape index (κ3) is 3.40. The first-order valence-corrected chi connectivity index (χ1v) is 10.5. The zero-order chi connectivity index (χ0) is 21.5. The molecule has 0 N–H and O–H groups in total. The molecular weight excluding hydrogens is 398 g/mol. The van der Waals surface area contributed by atoms with Gasteiger partial charge in [-0.2, -0.15) is 0 Å². The van der Waals surface area contributed by atoms with E-state index in [-0.39, 0.29) is 30.3 Å². The Bertz CT molecular complexity index is 1250. The van der Waals surface area contributed by atoms with Crippen molar-refractivity contribution in [3.8, 4) is 0 Å². The van der Waals surface area contributed by atoms with E-state index in [4.69, 9.17) is 9.15 Å². The van der Waals surface area contributed by atoms with Crippen LogP contribution in [0.2, 0.25) is 0 Å². The fraction of sp³-hybridized carbons (Fsp3) is 0.333. The summed E-state index contributed by atoms with van der Waals surface area (Å²) in [5, 5.41) is 2.54. The summed E-state index contributed by atoms with van der Waals surface area (Å²) in [5.41, 5.74) is 0.387. The molecule has 3 aromatic rings. The number of hydrogen-bond acceptors (Lipinski definition) is 6. The summed E-state index contributed by atoms with van der Waals surface area (Å²) in [6, 6.07) is 12.5. The normalized spacial score (nSPS) is 21.0. The van der Waals surface area contributed by atoms with Gasteiger partial charge in [0.1, 0.15) is 18.7 Å². The lowest BCUT2D eigenvalue weighted by Gasteiger charge is -2.19. The summed E-state index contributed by atoms with van der Waals surface area (Å²) in [5.74, 6) is -1.83. The predicted octanol–water partition coefficient (Wildman–Crippen LogP) is 3.16. The molecule has 2 heterocycles. The molecule has 2 amide bonds. The van der Waals surface area contributed by atoms with Crippen LogP contribution in [-0.2, 0) is 25.7 Å². The van der Waals surface area contributed by atoms with Gasteiger partial charge in [-0.15, -0.1) is 0 Å². The van der Waals surface area contributed by atoms with Gasteiger partial charge in [-0.1, -0.05) is 43.2 Å². The number of likely N-dealkylation sites (tertiary alicyclic amines) is 1. The van der Waals surface area contributed by atoms with Gasteiger partial charge in [-0.25, -0.2) is 4.79 Å². The lowest BCUT2D eigenvalue weighted by Crippen LogP contribution is -2.36. The maximum atomic E-state index is 12.6. The van der Waals surface area contributed by atoms with E-state index in [1.807, 2.05) is 30.3 Å². The first-order valence-electron chi connectivity index (χ1n) is 10.5. The number of carbonyl (C=O) groups excluding carboxylic acids is 3. The number of imide groups is 1. The zero-order valence-electron chi connectivity index (χ0n) is 16.8. The number of benzene rings is 2. The van der Waals surface area contributed by atoms with Crippen LogP contribution in [0.4, 0.5) is 0 Å². The topological polar surface area (TPSA) is 93.9 Å². The maximum absolute atomic E-state index is 12.6. The van der Waals surface area contributed by atoms with E-state index in [1.54, 1.807) is 6.07 Å². The third-order valence-electron chi connectivity index (χ3n) is 6.32. The summed E-state index contributed by atoms with van der Waals surface area (Å²) >= 11 is 0. The molecule has 0 spiro atoms. The Labute approximate surface area is 177 Å². The number of hydrogen-bond donors (Lipinski definition) is 0. The molecule has 1 saturated carbocycles. The van der Waals surface area contributed by atoms with Crippen molar-refractivity contribution >= 4 is 39.5 Å². The number of rotatable bonds is 4. The van der Waals surface area contributed by atoms with Gasteiger partial charge in [-0.3, -0.25) is 19.3 Å². The molecule has 1 saturated heterocycles. The van der Waals surface area contributed by atoms with Crippen molar-refractivity contribution in [1.29, 1.82) is 0 Å². The number of fused-ring (bicyclic) bond motifs is 4. The molecule has 7 nitrogen and oxygen atoms in total. The van der Waals surface area contributed by atoms with E-state index in [0.29, 0.717) is 29.4 Å². The molecule has 5 rings (SSSR count). The lowest BCUT2D eigenvalue weighted by atomic mass is 9.81. The molecule has 0 radical (unpaired) electrons. The number of ether oxygens (including phenoxy) is 1. The minimum Gasteiger partial charge on any atom is -0.459 e. The van der Waals surface area contributed by atoms with Crippen molar-refractivity contribution in [3.05, 3.63) is 58.4 Å². The van der Waals surface area contributed by atoms with Crippen molar-refractivity contribution in [2.24, 2.45) is 11.8 Å². The van der Waals surface area contributed by atoms with Crippen molar-refractivity contribution < 1.29 is 23.5 Å². The monoisotopic (exact) mass is 419 g/mol. The molecule has 2 atom stereocenters. The first kappa shape index (κ1) is 19.5. The van der Waals surface area contributed by atoms with Crippen molar-refractivity contribution in [2.75, 3.05) is 6.54 Å². The molecule has 0 bridgehead atoms. The van der Waals surface area contributed by atoms with Gasteiger partial charge in [0.15, 0.2) is 0 Å². The van der Waals surface area contributed by atoms with E-state index in [2.05, 4.69) is 0 Å². The first-order chi connectivity index (χ1) is 15.0. The Kier molecular flexibility index (Phi) is 4.81. The molecule has 2 aliphatic rings. The molecule has 158 valence electrons. The van der Waals surface area contributed by atoms with E-state index < -0.39 is 18.1 Å². The highest BCUT2D eigenvalue weighted by Gasteiger charge is 2.48. The van der Waals surface area contributed by atoms with Gasteiger partial charge in [-0.05, 0) is 29.7 Å². The Morgan fingerprint density at radius 1 is 1.00 bits per heavy atom. The van der Waals surface area contributed by atoms with Crippen molar-refractivity contribution in [2.45, 2.75) is 32.3 Å². The molecule has 1 aromatic heterocycles. The average Bonchev–Trinajstić information content (AvgIpc) is 3.02. The van der Waals surface area contributed by atoms with Gasteiger partial charge in [0.25, 0.3) is 0 Å². The van der Waals surface area contributed by atoms with E-state index in [1.165, 1.54) is 6.07 Å². The molecule has 0 unspecified atom stereocenters. The Hall–Kier alpha value is -3.48. The maximum Gasteiger partial charge on any atom is 0.336 e. The van der Waals surface area contributed by atoms with Crippen LogP contribution in [0.1, 0.15) is 31.2 Å². The second-order valence-corrected chi connectivity index (χ2v) is 8.17. The van der Waals surface area contributed by atoms with Crippen LogP contribution in [0.3, 0.4) is 0 Å². The predicted molar refractivity (Wildman–Crippen MR) is 112 cm³/mol. The summed E-state index contributed by atoms with van der Waals surface area (Å²) in [6.45, 7) is -0.553. The molecule has 1 aliphatic carbocycles. The van der Waals surface area contributed by atoms with Gasteiger partial charge in [0.2, 0.25) is 11.8 Å². The SMILES string of the molecule is O=C(CN1C(=O)[C@@H]2CCCC[C@H]2C1=O)OCc1cc(=O)oc2ccc3ccccc3c12. The van der Waals surface area contributed by atoms with Gasteiger partial charge >= 0.3 is 11.6 Å². The van der Waals surface area contributed by atoms with Gasteiger partial charge in [0.05, 0.1) is 11.8 Å². The average molecular weight is 419 g/mol. The van der Waals surface area contributed by atoms with E-state index >= 15 is 0 Å². The van der Waals surface area contributed by atoms with Gasteiger partial charge in [0, 0.05) is 17.0 Å². The summed E-state index contributed by atoms with van der Waals surface area (Å²) in [6.07, 6.45) is 3.24. The number of esters is 1. The van der Waals surface area contributed by atoms with Crippen LogP contribution in [0, 0.1) is 11.8 Å². The van der Waals surface area contributed by atoms with E-state index in [9.17, 15) is 19.2 Å². The second-order valence-electron chi connectivity index (χ2n) is 8.17. The van der Waals surface area contributed by atoms with Crippen LogP contribution in [0.5, 0.6) is 0 Å². The lowest BCUT2D eigenvalue weighted by molar-refractivity contribution is -0.153. The summed E-state index contributed by atoms with van der Waals surface area (Å²) in [7, 11) is 0. The summed E-state index contributed by atoms with van der Waals surface area (Å²) in [4.78, 5) is 50.6. The largest absolute Gasteiger partial charge is 0.459 e. The molecule has 1 aliphatic heterocycles. The Morgan fingerprint density at radius 3 is 2.45 bits per heavy atom. The second kappa shape index (κ2) is 7.65. The minimum atomic E-state index is -0.679. The van der Waals surface area contributed by atoms with Crippen molar-refractivity contribution in [1.82, 2.24) is 4.90 Å². The fourth-order valence-electron chi connectivity index (χ4n) is 4.85. The minimum absolute atomic E-state index is 0.155. The highest BCUT2D eigenvalue weighted by Crippen LogP contribution is 2.38. The third-order valence-corrected chi connectivity index (χ3v) is 6.32. The highest BCUT2D eigenvalue weighted by molar-refractivity contribution is 6.08. The molecule has 31 heavy (non-hydrogen) atoms. The molecular formula is C24H21NO6. The van der Waals surface area contributed by atoms with Crippen molar-refractivity contribution in [3.63, 3.8) is 0 Å². The molecule has 2 aromatic carbocycles. The van der Waals surface area contributed by atoms with Crippen LogP contribution >= 0.6 is 0 Å². The zero-order valence-corrected chi connectivity index (χ0v) is 16.8. The van der Waals surface area contributed by atoms with Crippen LogP contribution < -0.4 is 5.63 Å². The van der Waals surface area contributed by atoms with E-state index in [0.717, 1.165) is 28.5 Å². The highest BCUT2D eigenvalue weighted by atomic mass is 16.5. The smallest absolute Gasteiger partial charge is 0.336 e. The van der Waals surface area contributed by atoms with Crippen LogP contribution in [0.15, 0.2) is 51.7 Å². The summed E-state index contributed by atoms with van der Waals surface area (Å²) < 4.78 is 10.7. The number of nitrogens with zero attached hydrogens (tertiary/aromatic N) is 1.